The van der Waals surface area contributed by atoms with Crippen LogP contribution in [0.25, 0.3) is 0 Å². The topological polar surface area (TPSA) is 103 Å². The number of benzene rings is 1. The van der Waals surface area contributed by atoms with Crippen molar-refractivity contribution in [1.82, 2.24) is 9.13 Å². The van der Waals surface area contributed by atoms with E-state index in [2.05, 4.69) is 5.32 Å². The molecule has 2 heterocycles. The fourth-order valence-corrected chi connectivity index (χ4v) is 4.21. The Morgan fingerprint density at radius 1 is 1.17 bits per heavy atom. The standard InChI is InChI=1S/C21H23N3O5/c1-4-29-15-10-11(8-9-13(15)25)16-17-12(6-5-7-14(17)26)22-19-18(16)20(27)24(3)21(28)23(19)2/h8-10,16,22,25H,4-7H2,1-3H3. The number of carbonyl (C=O) groups is 1. The van der Waals surface area contributed by atoms with Gasteiger partial charge in [-0.05, 0) is 37.5 Å². The first-order valence-electron chi connectivity index (χ1n) is 9.64. The maximum absolute atomic E-state index is 13.1. The van der Waals surface area contributed by atoms with Crippen LogP contribution in [0, 0.1) is 0 Å². The molecule has 0 bridgehead atoms. The smallest absolute Gasteiger partial charge is 0.332 e. The number of nitrogens with zero attached hydrogens (tertiary/aromatic N) is 2. The first-order chi connectivity index (χ1) is 13.8. The number of fused-ring (bicyclic) bond motifs is 1. The van der Waals surface area contributed by atoms with Crippen molar-refractivity contribution in [2.24, 2.45) is 14.1 Å². The average molecular weight is 397 g/mol. The van der Waals surface area contributed by atoms with Gasteiger partial charge in [0.05, 0.1) is 12.2 Å². The molecule has 2 aromatic rings. The van der Waals surface area contributed by atoms with Crippen LogP contribution in [-0.4, -0.2) is 26.6 Å². The summed E-state index contributed by atoms with van der Waals surface area (Å²) in [6, 6.07) is 4.85. The van der Waals surface area contributed by atoms with Crippen molar-refractivity contribution >= 4 is 11.6 Å². The predicted octanol–water partition coefficient (Wildman–Crippen LogP) is 1.75. The molecule has 1 aliphatic carbocycles. The SMILES string of the molecule is CCOc1cc(C2C3=C(CCCC3=O)Nc3c2c(=O)n(C)c(=O)n3C)ccc1O. The highest BCUT2D eigenvalue weighted by atomic mass is 16.5. The van der Waals surface area contributed by atoms with Gasteiger partial charge in [0.15, 0.2) is 17.3 Å². The summed E-state index contributed by atoms with van der Waals surface area (Å²) < 4.78 is 7.96. The number of anilines is 1. The molecule has 0 fully saturated rings. The Bertz CT molecular complexity index is 1170. The summed E-state index contributed by atoms with van der Waals surface area (Å²) in [6.45, 7) is 2.17. The number of hydrogen-bond acceptors (Lipinski definition) is 6. The van der Waals surface area contributed by atoms with Gasteiger partial charge in [0, 0.05) is 37.7 Å². The minimum Gasteiger partial charge on any atom is -0.504 e. The van der Waals surface area contributed by atoms with Crippen LogP contribution in [0.3, 0.4) is 0 Å². The molecule has 0 spiro atoms. The molecule has 1 aromatic heterocycles. The molecule has 8 nitrogen and oxygen atoms in total. The zero-order valence-corrected chi connectivity index (χ0v) is 16.6. The summed E-state index contributed by atoms with van der Waals surface area (Å²) in [7, 11) is 3.03. The summed E-state index contributed by atoms with van der Waals surface area (Å²) >= 11 is 0. The zero-order chi connectivity index (χ0) is 20.9. The Kier molecular flexibility index (Phi) is 4.56. The summed E-state index contributed by atoms with van der Waals surface area (Å²) in [5.41, 5.74) is 1.41. The second-order valence-electron chi connectivity index (χ2n) is 7.36. The molecule has 1 aliphatic heterocycles. The molecule has 29 heavy (non-hydrogen) atoms. The number of ketones is 1. The second-order valence-corrected chi connectivity index (χ2v) is 7.36. The van der Waals surface area contributed by atoms with E-state index in [1.165, 1.54) is 17.7 Å². The number of carbonyl (C=O) groups excluding carboxylic acids is 1. The normalized spacial score (nSPS) is 18.2. The number of ether oxygens (including phenoxy) is 1. The van der Waals surface area contributed by atoms with Crippen LogP contribution < -0.4 is 21.3 Å². The van der Waals surface area contributed by atoms with Crippen LogP contribution in [0.2, 0.25) is 0 Å². The molecule has 1 aromatic carbocycles. The van der Waals surface area contributed by atoms with Gasteiger partial charge in [0.1, 0.15) is 5.82 Å². The molecule has 2 aliphatic rings. The highest BCUT2D eigenvalue weighted by Gasteiger charge is 2.38. The highest BCUT2D eigenvalue weighted by Crippen LogP contribution is 2.44. The van der Waals surface area contributed by atoms with Crippen molar-refractivity contribution in [2.45, 2.75) is 32.1 Å². The van der Waals surface area contributed by atoms with E-state index >= 15 is 0 Å². The van der Waals surface area contributed by atoms with E-state index in [9.17, 15) is 19.5 Å². The predicted molar refractivity (Wildman–Crippen MR) is 108 cm³/mol. The Morgan fingerprint density at radius 2 is 1.93 bits per heavy atom. The lowest BCUT2D eigenvalue weighted by molar-refractivity contribution is -0.116. The summed E-state index contributed by atoms with van der Waals surface area (Å²) in [4.78, 5) is 38.5. The van der Waals surface area contributed by atoms with Crippen molar-refractivity contribution in [2.75, 3.05) is 11.9 Å². The van der Waals surface area contributed by atoms with E-state index in [0.717, 1.165) is 10.3 Å². The van der Waals surface area contributed by atoms with Gasteiger partial charge < -0.3 is 15.2 Å². The maximum atomic E-state index is 13.1. The van der Waals surface area contributed by atoms with E-state index in [0.29, 0.717) is 48.4 Å². The van der Waals surface area contributed by atoms with E-state index in [-0.39, 0.29) is 17.3 Å². The Labute approximate surface area is 167 Å². The summed E-state index contributed by atoms with van der Waals surface area (Å²) in [6.07, 6.45) is 1.79. The third kappa shape index (κ3) is 2.86. The maximum Gasteiger partial charge on any atom is 0.332 e. The number of Topliss-reactive ketones (excluding diaryl/α,β-unsaturated/α-hetero) is 1. The van der Waals surface area contributed by atoms with Crippen LogP contribution >= 0.6 is 0 Å². The first-order valence-corrected chi connectivity index (χ1v) is 9.64. The molecule has 4 rings (SSSR count). The third-order valence-corrected chi connectivity index (χ3v) is 5.62. The van der Waals surface area contributed by atoms with Gasteiger partial charge in [-0.25, -0.2) is 4.79 Å². The van der Waals surface area contributed by atoms with Crippen LogP contribution in [-0.2, 0) is 18.9 Å². The third-order valence-electron chi connectivity index (χ3n) is 5.62. The number of phenols is 1. The average Bonchev–Trinajstić information content (AvgIpc) is 2.71. The number of aromatic hydroxyl groups is 1. The number of aromatic nitrogens is 2. The quantitative estimate of drug-likeness (QED) is 0.818. The summed E-state index contributed by atoms with van der Waals surface area (Å²) in [5.74, 6) is 0.0257. The monoisotopic (exact) mass is 397 g/mol. The van der Waals surface area contributed by atoms with Crippen molar-refractivity contribution < 1.29 is 14.6 Å². The van der Waals surface area contributed by atoms with Crippen molar-refractivity contribution in [3.05, 3.63) is 61.4 Å². The molecule has 1 unspecified atom stereocenters. The molecule has 0 radical (unpaired) electrons. The number of hydrogen-bond donors (Lipinski definition) is 2. The van der Waals surface area contributed by atoms with Crippen LogP contribution in [0.5, 0.6) is 11.5 Å². The lowest BCUT2D eigenvalue weighted by Crippen LogP contribution is -2.44. The largest absolute Gasteiger partial charge is 0.504 e. The van der Waals surface area contributed by atoms with Gasteiger partial charge >= 0.3 is 5.69 Å². The van der Waals surface area contributed by atoms with Gasteiger partial charge in [-0.15, -0.1) is 0 Å². The highest BCUT2D eigenvalue weighted by molar-refractivity contribution is 6.00. The lowest BCUT2D eigenvalue weighted by Gasteiger charge is -2.34. The van der Waals surface area contributed by atoms with E-state index in [4.69, 9.17) is 4.74 Å². The van der Waals surface area contributed by atoms with E-state index < -0.39 is 17.2 Å². The minimum atomic E-state index is -0.639. The van der Waals surface area contributed by atoms with Gasteiger partial charge in [-0.3, -0.25) is 18.7 Å². The van der Waals surface area contributed by atoms with Gasteiger partial charge in [0.25, 0.3) is 5.56 Å². The number of phenolic OH excluding ortho intramolecular Hbond substituents is 1. The summed E-state index contributed by atoms with van der Waals surface area (Å²) in [5, 5.41) is 13.3. The van der Waals surface area contributed by atoms with Gasteiger partial charge in [-0.1, -0.05) is 6.07 Å². The number of nitrogens with one attached hydrogen (secondary N) is 1. The fourth-order valence-electron chi connectivity index (χ4n) is 4.21. The lowest BCUT2D eigenvalue weighted by atomic mass is 9.76. The molecule has 0 amide bonds. The molecular weight excluding hydrogens is 374 g/mol. The van der Waals surface area contributed by atoms with Gasteiger partial charge in [0.2, 0.25) is 0 Å². The Hall–Kier alpha value is -3.29. The molecule has 152 valence electrons. The molecule has 8 heteroatoms. The van der Waals surface area contributed by atoms with Crippen molar-refractivity contribution in [3.8, 4) is 11.5 Å². The van der Waals surface area contributed by atoms with E-state index in [1.54, 1.807) is 19.2 Å². The number of rotatable bonds is 3. The fraction of sp³-hybridized carbons (Fsp3) is 0.381. The zero-order valence-electron chi connectivity index (χ0n) is 16.6. The first kappa shape index (κ1) is 19.0. The number of allylic oxidation sites excluding steroid dienone is 2. The minimum absolute atomic E-state index is 0.0118. The Morgan fingerprint density at radius 3 is 2.66 bits per heavy atom. The van der Waals surface area contributed by atoms with E-state index in [1.807, 2.05) is 6.92 Å². The molecule has 0 saturated heterocycles. The molecular formula is C21H23N3O5. The molecule has 1 atom stereocenters. The molecule has 0 saturated carbocycles. The second kappa shape index (κ2) is 6.95. The van der Waals surface area contributed by atoms with Crippen molar-refractivity contribution in [1.29, 1.82) is 0 Å². The van der Waals surface area contributed by atoms with Crippen LogP contribution in [0.4, 0.5) is 5.82 Å². The van der Waals surface area contributed by atoms with Crippen LogP contribution in [0.15, 0.2) is 39.1 Å². The van der Waals surface area contributed by atoms with Gasteiger partial charge in [-0.2, -0.15) is 0 Å². The van der Waals surface area contributed by atoms with Crippen LogP contribution in [0.1, 0.15) is 43.2 Å². The van der Waals surface area contributed by atoms with Crippen molar-refractivity contribution in [3.63, 3.8) is 0 Å². The Balaban J connectivity index is 2.05. The molecule has 2 N–H and O–H groups in total.